The van der Waals surface area contributed by atoms with E-state index in [2.05, 4.69) is 15.9 Å². The van der Waals surface area contributed by atoms with Crippen LogP contribution in [0.3, 0.4) is 0 Å². The standard InChI is InChI=1S/C8H18BrNO2S/c1-4-13(11,12)10(8(2)3)7-5-6-9/h8H,4-7H2,1-3H3. The molecule has 13 heavy (non-hydrogen) atoms. The van der Waals surface area contributed by atoms with E-state index in [9.17, 15) is 8.42 Å². The van der Waals surface area contributed by atoms with Gasteiger partial charge in [-0.3, -0.25) is 0 Å². The fraction of sp³-hybridized carbons (Fsp3) is 1.00. The highest BCUT2D eigenvalue weighted by molar-refractivity contribution is 9.09. The van der Waals surface area contributed by atoms with Crippen LogP contribution in [0.15, 0.2) is 0 Å². The fourth-order valence-corrected chi connectivity index (χ4v) is 2.73. The highest BCUT2D eigenvalue weighted by Crippen LogP contribution is 2.08. The molecule has 0 heterocycles. The Morgan fingerprint density at radius 1 is 1.38 bits per heavy atom. The quantitative estimate of drug-likeness (QED) is 0.692. The van der Waals surface area contributed by atoms with Crippen LogP contribution in [0, 0.1) is 0 Å². The molecule has 0 aromatic heterocycles. The maximum absolute atomic E-state index is 11.6. The third kappa shape index (κ3) is 4.42. The van der Waals surface area contributed by atoms with Crippen molar-refractivity contribution in [2.45, 2.75) is 33.2 Å². The van der Waals surface area contributed by atoms with Crippen LogP contribution in [-0.4, -0.2) is 36.4 Å². The molecule has 0 fully saturated rings. The largest absolute Gasteiger partial charge is 0.214 e. The van der Waals surface area contributed by atoms with Gasteiger partial charge in [-0.1, -0.05) is 15.9 Å². The number of rotatable bonds is 6. The van der Waals surface area contributed by atoms with Crippen LogP contribution < -0.4 is 0 Å². The van der Waals surface area contributed by atoms with Crippen molar-refractivity contribution in [3.05, 3.63) is 0 Å². The summed E-state index contributed by atoms with van der Waals surface area (Å²) < 4.78 is 24.7. The van der Waals surface area contributed by atoms with Gasteiger partial charge in [-0.2, -0.15) is 4.31 Å². The average molecular weight is 272 g/mol. The molecule has 0 saturated heterocycles. The van der Waals surface area contributed by atoms with Crippen molar-refractivity contribution in [3.8, 4) is 0 Å². The van der Waals surface area contributed by atoms with E-state index in [1.165, 1.54) is 0 Å². The monoisotopic (exact) mass is 271 g/mol. The van der Waals surface area contributed by atoms with Crippen LogP contribution in [0.4, 0.5) is 0 Å². The zero-order chi connectivity index (χ0) is 10.5. The zero-order valence-corrected chi connectivity index (χ0v) is 10.9. The number of hydrogen-bond donors (Lipinski definition) is 0. The van der Waals surface area contributed by atoms with Crippen molar-refractivity contribution in [1.82, 2.24) is 4.31 Å². The number of alkyl halides is 1. The molecule has 0 radical (unpaired) electrons. The fourth-order valence-electron chi connectivity index (χ4n) is 1.10. The summed E-state index contributed by atoms with van der Waals surface area (Å²) in [5.74, 6) is 0.188. The van der Waals surface area contributed by atoms with E-state index in [4.69, 9.17) is 0 Å². The number of halogens is 1. The number of sulfonamides is 1. The lowest BCUT2D eigenvalue weighted by Gasteiger charge is -2.24. The van der Waals surface area contributed by atoms with E-state index in [0.29, 0.717) is 6.54 Å². The van der Waals surface area contributed by atoms with Gasteiger partial charge in [0.25, 0.3) is 0 Å². The van der Waals surface area contributed by atoms with Gasteiger partial charge in [0, 0.05) is 17.9 Å². The lowest BCUT2D eigenvalue weighted by molar-refractivity contribution is 0.356. The average Bonchev–Trinajstić information content (AvgIpc) is 2.04. The highest BCUT2D eigenvalue weighted by atomic mass is 79.9. The van der Waals surface area contributed by atoms with E-state index < -0.39 is 10.0 Å². The second-order valence-electron chi connectivity index (χ2n) is 3.15. The van der Waals surface area contributed by atoms with E-state index in [0.717, 1.165) is 11.8 Å². The van der Waals surface area contributed by atoms with E-state index in [1.54, 1.807) is 11.2 Å². The summed E-state index contributed by atoms with van der Waals surface area (Å²) in [6.07, 6.45) is 0.859. The lowest BCUT2D eigenvalue weighted by Crippen LogP contribution is -2.38. The molecule has 0 aromatic carbocycles. The van der Waals surface area contributed by atoms with Gasteiger partial charge >= 0.3 is 0 Å². The van der Waals surface area contributed by atoms with Crippen molar-refractivity contribution < 1.29 is 8.42 Å². The molecule has 0 bridgehead atoms. The number of nitrogens with zero attached hydrogens (tertiary/aromatic N) is 1. The van der Waals surface area contributed by atoms with Crippen LogP contribution in [-0.2, 0) is 10.0 Å². The van der Waals surface area contributed by atoms with Gasteiger partial charge in [-0.25, -0.2) is 8.42 Å². The van der Waals surface area contributed by atoms with Gasteiger partial charge in [-0.05, 0) is 27.2 Å². The molecular weight excluding hydrogens is 254 g/mol. The first-order valence-electron chi connectivity index (χ1n) is 4.51. The zero-order valence-electron chi connectivity index (χ0n) is 8.46. The van der Waals surface area contributed by atoms with Crippen LogP contribution in [0.1, 0.15) is 27.2 Å². The molecule has 0 aliphatic rings. The molecule has 3 nitrogen and oxygen atoms in total. The van der Waals surface area contributed by atoms with Gasteiger partial charge in [0.1, 0.15) is 0 Å². The van der Waals surface area contributed by atoms with Crippen LogP contribution in [0.25, 0.3) is 0 Å². The molecule has 0 aliphatic carbocycles. The SMILES string of the molecule is CCS(=O)(=O)N(CCCBr)C(C)C. The molecule has 0 spiro atoms. The molecule has 0 N–H and O–H groups in total. The lowest BCUT2D eigenvalue weighted by atomic mass is 10.4. The maximum Gasteiger partial charge on any atom is 0.214 e. The first-order chi connectivity index (χ1) is 5.95. The second kappa shape index (κ2) is 5.98. The Morgan fingerprint density at radius 3 is 2.23 bits per heavy atom. The van der Waals surface area contributed by atoms with Gasteiger partial charge in [-0.15, -0.1) is 0 Å². The molecule has 80 valence electrons. The third-order valence-corrected chi connectivity index (χ3v) is 4.42. The Morgan fingerprint density at radius 2 is 1.92 bits per heavy atom. The predicted octanol–water partition coefficient (Wildman–Crippen LogP) is 1.83. The first kappa shape index (κ1) is 13.4. The van der Waals surface area contributed by atoms with Crippen LogP contribution in [0.5, 0.6) is 0 Å². The normalized spacial score (nSPS) is 12.8. The topological polar surface area (TPSA) is 37.4 Å². The van der Waals surface area contributed by atoms with E-state index in [-0.39, 0.29) is 11.8 Å². The van der Waals surface area contributed by atoms with Crippen molar-refractivity contribution in [3.63, 3.8) is 0 Å². The first-order valence-corrected chi connectivity index (χ1v) is 7.24. The van der Waals surface area contributed by atoms with Gasteiger partial charge in [0.05, 0.1) is 5.75 Å². The molecular formula is C8H18BrNO2S. The number of hydrogen-bond acceptors (Lipinski definition) is 2. The Kier molecular flexibility index (Phi) is 6.16. The smallest absolute Gasteiger partial charge is 0.212 e. The summed E-state index contributed by atoms with van der Waals surface area (Å²) >= 11 is 3.29. The Balaban J connectivity index is 4.43. The van der Waals surface area contributed by atoms with Crippen molar-refractivity contribution >= 4 is 26.0 Å². The molecule has 0 aromatic rings. The molecule has 0 amide bonds. The predicted molar refractivity (Wildman–Crippen MR) is 59.7 cm³/mol. The van der Waals surface area contributed by atoms with E-state index in [1.807, 2.05) is 13.8 Å². The molecule has 0 saturated carbocycles. The third-order valence-electron chi connectivity index (χ3n) is 1.81. The van der Waals surface area contributed by atoms with Gasteiger partial charge in [0.2, 0.25) is 10.0 Å². The summed E-state index contributed by atoms with van der Waals surface area (Å²) in [5, 5.41) is 0.843. The summed E-state index contributed by atoms with van der Waals surface area (Å²) in [4.78, 5) is 0. The Labute approximate surface area is 89.7 Å². The van der Waals surface area contributed by atoms with Gasteiger partial charge < -0.3 is 0 Å². The molecule has 5 heteroatoms. The molecule has 0 atom stereocenters. The van der Waals surface area contributed by atoms with Crippen molar-refractivity contribution in [1.29, 1.82) is 0 Å². The van der Waals surface area contributed by atoms with Crippen LogP contribution in [0.2, 0.25) is 0 Å². The Bertz CT molecular complexity index is 226. The minimum absolute atomic E-state index is 0.0593. The molecule has 0 aliphatic heterocycles. The summed E-state index contributed by atoms with van der Waals surface area (Å²) in [7, 11) is -3.02. The highest BCUT2D eigenvalue weighted by Gasteiger charge is 2.21. The minimum atomic E-state index is -3.02. The van der Waals surface area contributed by atoms with Crippen molar-refractivity contribution in [2.24, 2.45) is 0 Å². The van der Waals surface area contributed by atoms with Crippen LogP contribution >= 0.6 is 15.9 Å². The summed E-state index contributed by atoms with van der Waals surface area (Å²) in [5.41, 5.74) is 0. The van der Waals surface area contributed by atoms with Gasteiger partial charge in [0.15, 0.2) is 0 Å². The Hall–Kier alpha value is 0.390. The van der Waals surface area contributed by atoms with Crippen molar-refractivity contribution in [2.75, 3.05) is 17.6 Å². The summed E-state index contributed by atoms with van der Waals surface area (Å²) in [6, 6.07) is 0.0593. The molecule has 0 rings (SSSR count). The second-order valence-corrected chi connectivity index (χ2v) is 6.15. The molecule has 0 unspecified atom stereocenters. The summed E-state index contributed by atoms with van der Waals surface area (Å²) in [6.45, 7) is 6.10. The minimum Gasteiger partial charge on any atom is -0.212 e. The maximum atomic E-state index is 11.6. The van der Waals surface area contributed by atoms with E-state index >= 15 is 0 Å².